The van der Waals surface area contributed by atoms with Crippen LogP contribution in [0.2, 0.25) is 0 Å². The fourth-order valence-corrected chi connectivity index (χ4v) is 2.78. The lowest BCUT2D eigenvalue weighted by molar-refractivity contribution is 0.272. The molecule has 0 aliphatic rings. The smallest absolute Gasteiger partial charge is 0.122 e. The standard InChI is InChI=1S/C19H26N2/c1-15(2)20-19(21-16(3)4,17-11-7-5-8-12-17)18-13-9-6-10-14-18/h5-16,20-21H,1-4H3. The van der Waals surface area contributed by atoms with E-state index in [0.717, 1.165) is 0 Å². The molecule has 0 aliphatic heterocycles. The summed E-state index contributed by atoms with van der Waals surface area (Å²) >= 11 is 0. The molecule has 2 aromatic carbocycles. The van der Waals surface area contributed by atoms with E-state index in [1.807, 2.05) is 0 Å². The van der Waals surface area contributed by atoms with Gasteiger partial charge in [0.15, 0.2) is 0 Å². The molecule has 2 aromatic rings. The lowest BCUT2D eigenvalue weighted by Gasteiger charge is -2.40. The summed E-state index contributed by atoms with van der Waals surface area (Å²) in [7, 11) is 0. The minimum absolute atomic E-state index is 0.358. The Morgan fingerprint density at radius 2 is 0.952 bits per heavy atom. The molecule has 112 valence electrons. The van der Waals surface area contributed by atoms with Gasteiger partial charge in [0.05, 0.1) is 0 Å². The largest absolute Gasteiger partial charge is 0.289 e. The third kappa shape index (κ3) is 3.72. The molecule has 0 saturated carbocycles. The van der Waals surface area contributed by atoms with Crippen molar-refractivity contribution in [2.75, 3.05) is 0 Å². The van der Waals surface area contributed by atoms with Gasteiger partial charge in [0.2, 0.25) is 0 Å². The van der Waals surface area contributed by atoms with Crippen LogP contribution >= 0.6 is 0 Å². The summed E-state index contributed by atoms with van der Waals surface area (Å²) in [6, 6.07) is 21.9. The molecule has 2 nitrogen and oxygen atoms in total. The molecule has 0 bridgehead atoms. The zero-order valence-corrected chi connectivity index (χ0v) is 13.4. The first-order valence-electron chi connectivity index (χ1n) is 7.71. The van der Waals surface area contributed by atoms with Gasteiger partial charge in [-0.15, -0.1) is 0 Å². The second kappa shape index (κ2) is 6.88. The summed E-state index contributed by atoms with van der Waals surface area (Å²) in [6.07, 6.45) is 0. The Morgan fingerprint density at radius 3 is 1.24 bits per heavy atom. The monoisotopic (exact) mass is 282 g/mol. The van der Waals surface area contributed by atoms with E-state index < -0.39 is 0 Å². The molecule has 0 heterocycles. The van der Waals surface area contributed by atoms with Gasteiger partial charge in [-0.1, -0.05) is 60.7 Å². The van der Waals surface area contributed by atoms with Crippen LogP contribution in [-0.4, -0.2) is 12.1 Å². The summed E-state index contributed by atoms with van der Waals surface area (Å²) in [5.74, 6) is 0. The van der Waals surface area contributed by atoms with Crippen molar-refractivity contribution in [3.05, 3.63) is 71.8 Å². The second-order valence-electron chi connectivity index (χ2n) is 6.08. The number of hydrogen-bond donors (Lipinski definition) is 2. The van der Waals surface area contributed by atoms with Crippen LogP contribution in [0.15, 0.2) is 60.7 Å². The van der Waals surface area contributed by atoms with Crippen LogP contribution < -0.4 is 10.6 Å². The summed E-state index contributed by atoms with van der Waals surface area (Å²) < 4.78 is 0. The zero-order valence-electron chi connectivity index (χ0n) is 13.4. The van der Waals surface area contributed by atoms with Gasteiger partial charge in [-0.05, 0) is 38.8 Å². The fourth-order valence-electron chi connectivity index (χ4n) is 2.78. The van der Waals surface area contributed by atoms with Crippen LogP contribution in [0, 0.1) is 0 Å². The Bertz CT molecular complexity index is 481. The van der Waals surface area contributed by atoms with E-state index in [9.17, 15) is 0 Å². The van der Waals surface area contributed by atoms with Crippen molar-refractivity contribution in [2.24, 2.45) is 0 Å². The Labute approximate surface area is 128 Å². The maximum Gasteiger partial charge on any atom is 0.122 e. The molecular formula is C19H26N2. The van der Waals surface area contributed by atoms with Gasteiger partial charge in [-0.2, -0.15) is 0 Å². The van der Waals surface area contributed by atoms with Crippen molar-refractivity contribution < 1.29 is 0 Å². The van der Waals surface area contributed by atoms with Gasteiger partial charge in [0.1, 0.15) is 5.66 Å². The molecule has 0 amide bonds. The van der Waals surface area contributed by atoms with E-state index in [0.29, 0.717) is 12.1 Å². The van der Waals surface area contributed by atoms with E-state index >= 15 is 0 Å². The SMILES string of the molecule is CC(C)NC(NC(C)C)(c1ccccc1)c1ccccc1. The second-order valence-corrected chi connectivity index (χ2v) is 6.08. The third-order valence-corrected chi connectivity index (χ3v) is 3.42. The van der Waals surface area contributed by atoms with Crippen LogP contribution in [0.4, 0.5) is 0 Å². The Kier molecular flexibility index (Phi) is 5.16. The summed E-state index contributed by atoms with van der Waals surface area (Å²) in [5, 5.41) is 7.49. The van der Waals surface area contributed by atoms with Crippen molar-refractivity contribution in [1.82, 2.24) is 10.6 Å². The molecule has 2 heteroatoms. The van der Waals surface area contributed by atoms with E-state index in [-0.39, 0.29) is 5.66 Å². The number of nitrogens with one attached hydrogen (secondary N) is 2. The van der Waals surface area contributed by atoms with Gasteiger partial charge < -0.3 is 0 Å². The molecule has 0 radical (unpaired) electrons. The van der Waals surface area contributed by atoms with E-state index in [1.54, 1.807) is 0 Å². The zero-order chi connectivity index (χ0) is 15.3. The maximum atomic E-state index is 3.75. The molecule has 0 aliphatic carbocycles. The average molecular weight is 282 g/mol. The van der Waals surface area contributed by atoms with Gasteiger partial charge in [-0.3, -0.25) is 10.6 Å². The van der Waals surface area contributed by atoms with Gasteiger partial charge in [0, 0.05) is 12.1 Å². The Morgan fingerprint density at radius 1 is 0.619 bits per heavy atom. The quantitative estimate of drug-likeness (QED) is 0.786. The first-order valence-corrected chi connectivity index (χ1v) is 7.71. The molecule has 0 unspecified atom stereocenters. The highest BCUT2D eigenvalue weighted by molar-refractivity contribution is 5.38. The molecule has 2 N–H and O–H groups in total. The predicted octanol–water partition coefficient (Wildman–Crippen LogP) is 3.88. The van der Waals surface area contributed by atoms with Crippen molar-refractivity contribution in [3.63, 3.8) is 0 Å². The third-order valence-electron chi connectivity index (χ3n) is 3.42. The maximum absolute atomic E-state index is 3.75. The number of rotatable bonds is 6. The average Bonchev–Trinajstić information content (AvgIpc) is 2.47. The van der Waals surface area contributed by atoms with E-state index in [4.69, 9.17) is 0 Å². The molecule has 0 spiro atoms. The first-order chi connectivity index (χ1) is 10.0. The molecule has 2 rings (SSSR count). The molecule has 0 aromatic heterocycles. The normalized spacial score (nSPS) is 12.1. The predicted molar refractivity (Wildman–Crippen MR) is 90.2 cm³/mol. The van der Waals surface area contributed by atoms with Crippen LogP contribution in [0.3, 0.4) is 0 Å². The molecule has 21 heavy (non-hydrogen) atoms. The van der Waals surface area contributed by atoms with Crippen molar-refractivity contribution >= 4 is 0 Å². The van der Waals surface area contributed by atoms with Crippen LogP contribution in [0.5, 0.6) is 0 Å². The van der Waals surface area contributed by atoms with E-state index in [2.05, 4.69) is 99.0 Å². The lowest BCUT2D eigenvalue weighted by atomic mass is 9.89. The highest BCUT2D eigenvalue weighted by atomic mass is 15.2. The highest BCUT2D eigenvalue weighted by Crippen LogP contribution is 2.28. The summed E-state index contributed by atoms with van der Waals surface area (Å²) in [6.45, 7) is 8.73. The molecule has 0 saturated heterocycles. The number of benzene rings is 2. The molecule has 0 fully saturated rings. The Balaban J connectivity index is 2.59. The van der Waals surface area contributed by atoms with Crippen LogP contribution in [0.1, 0.15) is 38.8 Å². The first kappa shape index (κ1) is 15.7. The van der Waals surface area contributed by atoms with Crippen LogP contribution in [-0.2, 0) is 5.66 Å². The minimum atomic E-state index is -0.370. The fraction of sp³-hybridized carbons (Fsp3) is 0.368. The number of hydrogen-bond acceptors (Lipinski definition) is 2. The lowest BCUT2D eigenvalue weighted by Crippen LogP contribution is -2.59. The van der Waals surface area contributed by atoms with Gasteiger partial charge in [0.25, 0.3) is 0 Å². The van der Waals surface area contributed by atoms with Gasteiger partial charge >= 0.3 is 0 Å². The topological polar surface area (TPSA) is 24.1 Å². The summed E-state index contributed by atoms with van der Waals surface area (Å²) in [4.78, 5) is 0. The Hall–Kier alpha value is -1.64. The van der Waals surface area contributed by atoms with Crippen molar-refractivity contribution in [3.8, 4) is 0 Å². The van der Waals surface area contributed by atoms with Gasteiger partial charge in [-0.25, -0.2) is 0 Å². The molecule has 0 atom stereocenters. The van der Waals surface area contributed by atoms with Crippen molar-refractivity contribution in [2.45, 2.75) is 45.4 Å². The van der Waals surface area contributed by atoms with Crippen molar-refractivity contribution in [1.29, 1.82) is 0 Å². The van der Waals surface area contributed by atoms with E-state index in [1.165, 1.54) is 11.1 Å². The minimum Gasteiger partial charge on any atom is -0.289 e. The molecular weight excluding hydrogens is 256 g/mol. The summed E-state index contributed by atoms with van der Waals surface area (Å²) in [5.41, 5.74) is 2.10. The highest BCUT2D eigenvalue weighted by Gasteiger charge is 2.34. The van der Waals surface area contributed by atoms with Crippen LogP contribution in [0.25, 0.3) is 0 Å².